The zero-order chi connectivity index (χ0) is 7.40. The first-order chi connectivity index (χ1) is 4.79. The highest BCUT2D eigenvalue weighted by Gasteiger charge is 2.04. The molecule has 0 aliphatic heterocycles. The van der Waals surface area contributed by atoms with Gasteiger partial charge < -0.3 is 11.5 Å². The summed E-state index contributed by atoms with van der Waals surface area (Å²) in [5.41, 5.74) is 11.4. The molecule has 0 saturated carbocycles. The van der Waals surface area contributed by atoms with Crippen LogP contribution in [0.25, 0.3) is 0 Å². The van der Waals surface area contributed by atoms with E-state index in [0.29, 0.717) is 0 Å². The molecule has 1 aliphatic carbocycles. The lowest BCUT2D eigenvalue weighted by Crippen LogP contribution is -2.23. The standard InChI is InChI=1S/C8H16N2/c9-7-3-1-2-4-8(10)6-5-7/h5-8H,1-4,9-10H2. The summed E-state index contributed by atoms with van der Waals surface area (Å²) in [6, 6.07) is 0.484. The lowest BCUT2D eigenvalue weighted by atomic mass is 10.0. The number of nitrogens with two attached hydrogens (primary N) is 2. The molecule has 1 aliphatic rings. The Hall–Kier alpha value is -0.340. The van der Waals surface area contributed by atoms with Crippen LogP contribution >= 0.6 is 0 Å². The van der Waals surface area contributed by atoms with Gasteiger partial charge in [-0.2, -0.15) is 0 Å². The van der Waals surface area contributed by atoms with Crippen LogP contribution in [0.3, 0.4) is 0 Å². The SMILES string of the molecule is NC1C=CC(N)CCCC1. The third kappa shape index (κ3) is 2.50. The molecule has 2 atom stereocenters. The summed E-state index contributed by atoms with van der Waals surface area (Å²) in [5.74, 6) is 0. The molecule has 0 bridgehead atoms. The minimum Gasteiger partial charge on any atom is -0.324 e. The van der Waals surface area contributed by atoms with Gasteiger partial charge >= 0.3 is 0 Å². The topological polar surface area (TPSA) is 52.0 Å². The lowest BCUT2D eigenvalue weighted by Gasteiger charge is -2.13. The van der Waals surface area contributed by atoms with Crippen molar-refractivity contribution < 1.29 is 0 Å². The monoisotopic (exact) mass is 140 g/mol. The van der Waals surface area contributed by atoms with Crippen LogP contribution in [-0.2, 0) is 0 Å². The van der Waals surface area contributed by atoms with Crippen molar-refractivity contribution >= 4 is 0 Å². The summed E-state index contributed by atoms with van der Waals surface area (Å²) in [5, 5.41) is 0. The van der Waals surface area contributed by atoms with Crippen LogP contribution < -0.4 is 11.5 Å². The van der Waals surface area contributed by atoms with Crippen molar-refractivity contribution in [3.63, 3.8) is 0 Å². The predicted octanol–water partition coefficient (Wildman–Crippen LogP) is 0.771. The molecule has 4 N–H and O–H groups in total. The molecule has 2 unspecified atom stereocenters. The minimum atomic E-state index is 0.242. The van der Waals surface area contributed by atoms with Gasteiger partial charge in [0.2, 0.25) is 0 Å². The maximum atomic E-state index is 5.72. The molecule has 2 heteroatoms. The van der Waals surface area contributed by atoms with E-state index >= 15 is 0 Å². The van der Waals surface area contributed by atoms with E-state index in [1.807, 2.05) is 12.2 Å². The Labute approximate surface area is 62.3 Å². The van der Waals surface area contributed by atoms with Crippen LogP contribution in [0.2, 0.25) is 0 Å². The molecule has 0 radical (unpaired) electrons. The zero-order valence-corrected chi connectivity index (χ0v) is 6.29. The largest absolute Gasteiger partial charge is 0.324 e. The Bertz CT molecular complexity index is 106. The van der Waals surface area contributed by atoms with Crippen molar-refractivity contribution in [3.8, 4) is 0 Å². The van der Waals surface area contributed by atoms with Crippen LogP contribution in [0.5, 0.6) is 0 Å². The van der Waals surface area contributed by atoms with Gasteiger partial charge in [0.15, 0.2) is 0 Å². The third-order valence-corrected chi connectivity index (χ3v) is 1.93. The molecule has 2 nitrogen and oxygen atoms in total. The van der Waals surface area contributed by atoms with Crippen LogP contribution in [0.1, 0.15) is 25.7 Å². The summed E-state index contributed by atoms with van der Waals surface area (Å²) in [4.78, 5) is 0. The predicted molar refractivity (Wildman–Crippen MR) is 43.6 cm³/mol. The van der Waals surface area contributed by atoms with Gasteiger partial charge in [-0.05, 0) is 12.8 Å². The van der Waals surface area contributed by atoms with Crippen LogP contribution in [0.4, 0.5) is 0 Å². The van der Waals surface area contributed by atoms with Crippen molar-refractivity contribution in [1.82, 2.24) is 0 Å². The Morgan fingerprint density at radius 3 is 1.70 bits per heavy atom. The van der Waals surface area contributed by atoms with Crippen molar-refractivity contribution in [2.24, 2.45) is 11.5 Å². The van der Waals surface area contributed by atoms with Crippen LogP contribution in [-0.4, -0.2) is 12.1 Å². The second kappa shape index (κ2) is 3.74. The average molecular weight is 140 g/mol. The van der Waals surface area contributed by atoms with Gasteiger partial charge in [-0.15, -0.1) is 0 Å². The molecular formula is C8H16N2. The van der Waals surface area contributed by atoms with Crippen LogP contribution in [0.15, 0.2) is 12.2 Å². The fourth-order valence-corrected chi connectivity index (χ4v) is 1.24. The van der Waals surface area contributed by atoms with E-state index < -0.39 is 0 Å². The normalized spacial score (nSPS) is 35.0. The summed E-state index contributed by atoms with van der Waals surface area (Å²) in [7, 11) is 0. The maximum Gasteiger partial charge on any atom is 0.0224 e. The highest BCUT2D eigenvalue weighted by atomic mass is 14.6. The minimum absolute atomic E-state index is 0.242. The Morgan fingerprint density at radius 1 is 0.900 bits per heavy atom. The molecule has 58 valence electrons. The van der Waals surface area contributed by atoms with Gasteiger partial charge in [-0.25, -0.2) is 0 Å². The van der Waals surface area contributed by atoms with E-state index in [1.165, 1.54) is 12.8 Å². The zero-order valence-electron chi connectivity index (χ0n) is 6.29. The molecular weight excluding hydrogens is 124 g/mol. The Balaban J connectivity index is 2.42. The molecule has 0 saturated heterocycles. The van der Waals surface area contributed by atoms with Gasteiger partial charge in [-0.1, -0.05) is 25.0 Å². The highest BCUT2D eigenvalue weighted by Crippen LogP contribution is 2.09. The molecule has 0 amide bonds. The Kier molecular flexibility index (Phi) is 2.90. The molecule has 0 fully saturated rings. The van der Waals surface area contributed by atoms with Gasteiger partial charge in [0.05, 0.1) is 0 Å². The summed E-state index contributed by atoms with van der Waals surface area (Å²) >= 11 is 0. The van der Waals surface area contributed by atoms with E-state index in [4.69, 9.17) is 11.5 Å². The molecule has 0 aromatic heterocycles. The lowest BCUT2D eigenvalue weighted by molar-refractivity contribution is 0.562. The quantitative estimate of drug-likeness (QED) is 0.488. The third-order valence-electron chi connectivity index (χ3n) is 1.93. The number of hydrogen-bond acceptors (Lipinski definition) is 2. The van der Waals surface area contributed by atoms with Crippen molar-refractivity contribution in [2.75, 3.05) is 0 Å². The van der Waals surface area contributed by atoms with Crippen molar-refractivity contribution in [2.45, 2.75) is 37.8 Å². The van der Waals surface area contributed by atoms with Gasteiger partial charge in [0.25, 0.3) is 0 Å². The molecule has 0 aromatic rings. The summed E-state index contributed by atoms with van der Waals surface area (Å²) in [6.45, 7) is 0. The van der Waals surface area contributed by atoms with Crippen LogP contribution in [0, 0.1) is 0 Å². The van der Waals surface area contributed by atoms with E-state index in [1.54, 1.807) is 0 Å². The van der Waals surface area contributed by atoms with Crippen molar-refractivity contribution in [1.29, 1.82) is 0 Å². The van der Waals surface area contributed by atoms with E-state index in [-0.39, 0.29) is 12.1 Å². The molecule has 1 rings (SSSR count). The van der Waals surface area contributed by atoms with E-state index in [9.17, 15) is 0 Å². The maximum absolute atomic E-state index is 5.72. The smallest absolute Gasteiger partial charge is 0.0224 e. The van der Waals surface area contributed by atoms with Gasteiger partial charge in [0, 0.05) is 12.1 Å². The second-order valence-electron chi connectivity index (χ2n) is 3.00. The average Bonchev–Trinajstić information content (AvgIpc) is 1.90. The fraction of sp³-hybridized carbons (Fsp3) is 0.750. The first-order valence-electron chi connectivity index (χ1n) is 3.98. The first kappa shape index (κ1) is 7.76. The molecule has 0 heterocycles. The number of rotatable bonds is 0. The molecule has 0 aromatic carbocycles. The Morgan fingerprint density at radius 2 is 1.30 bits per heavy atom. The fourth-order valence-electron chi connectivity index (χ4n) is 1.24. The van der Waals surface area contributed by atoms with Crippen molar-refractivity contribution in [3.05, 3.63) is 12.2 Å². The molecule has 0 spiro atoms. The van der Waals surface area contributed by atoms with Gasteiger partial charge in [-0.3, -0.25) is 0 Å². The van der Waals surface area contributed by atoms with E-state index in [2.05, 4.69) is 0 Å². The first-order valence-corrected chi connectivity index (χ1v) is 3.98. The number of hydrogen-bond donors (Lipinski definition) is 2. The highest BCUT2D eigenvalue weighted by molar-refractivity contribution is 4.98. The molecule has 10 heavy (non-hydrogen) atoms. The summed E-state index contributed by atoms with van der Waals surface area (Å²) < 4.78 is 0. The second-order valence-corrected chi connectivity index (χ2v) is 3.00. The summed E-state index contributed by atoms with van der Waals surface area (Å²) in [6.07, 6.45) is 8.73. The van der Waals surface area contributed by atoms with E-state index in [0.717, 1.165) is 12.8 Å². The van der Waals surface area contributed by atoms with Gasteiger partial charge in [0.1, 0.15) is 0 Å².